The average molecular weight is 443 g/mol. The summed E-state index contributed by atoms with van der Waals surface area (Å²) in [6.45, 7) is 0.431. The van der Waals surface area contributed by atoms with Crippen LogP contribution in [0.25, 0.3) is 0 Å². The molecule has 3 amide bonds. The van der Waals surface area contributed by atoms with Crippen molar-refractivity contribution >= 4 is 46.3 Å². The maximum absolute atomic E-state index is 13.2. The van der Waals surface area contributed by atoms with E-state index >= 15 is 0 Å². The lowest BCUT2D eigenvalue weighted by Gasteiger charge is -2.28. The molecular formula is C23H23ClN2O3S. The van der Waals surface area contributed by atoms with Crippen molar-refractivity contribution in [3.63, 3.8) is 0 Å². The van der Waals surface area contributed by atoms with Crippen LogP contribution in [0.4, 0.5) is 5.69 Å². The number of amides is 3. The van der Waals surface area contributed by atoms with Crippen molar-refractivity contribution in [2.24, 2.45) is 0 Å². The predicted molar refractivity (Wildman–Crippen MR) is 119 cm³/mol. The number of halogens is 1. The summed E-state index contributed by atoms with van der Waals surface area (Å²) in [5.41, 5.74) is 1.81. The molecule has 1 aromatic heterocycles. The first kappa shape index (κ1) is 20.8. The lowest BCUT2D eigenvalue weighted by atomic mass is 9.97. The van der Waals surface area contributed by atoms with Gasteiger partial charge in [-0.1, -0.05) is 29.3 Å². The first-order chi connectivity index (χ1) is 14.5. The van der Waals surface area contributed by atoms with Crippen LogP contribution in [0.2, 0.25) is 5.02 Å². The van der Waals surface area contributed by atoms with Crippen molar-refractivity contribution in [2.45, 2.75) is 44.6 Å². The van der Waals surface area contributed by atoms with E-state index in [9.17, 15) is 14.4 Å². The molecule has 2 aliphatic rings. The molecule has 156 valence electrons. The zero-order chi connectivity index (χ0) is 21.1. The third-order valence-corrected chi connectivity index (χ3v) is 6.75. The van der Waals surface area contributed by atoms with Gasteiger partial charge in [0.1, 0.15) is 6.04 Å². The van der Waals surface area contributed by atoms with Crippen LogP contribution in [0.5, 0.6) is 0 Å². The van der Waals surface area contributed by atoms with Gasteiger partial charge in [-0.05, 0) is 67.8 Å². The molecule has 7 heteroatoms. The molecule has 2 heterocycles. The van der Waals surface area contributed by atoms with Crippen molar-refractivity contribution in [1.29, 1.82) is 0 Å². The zero-order valence-electron chi connectivity index (χ0n) is 16.6. The number of carbonyl (C=O) groups is 3. The van der Waals surface area contributed by atoms with Crippen molar-refractivity contribution in [1.82, 2.24) is 4.90 Å². The van der Waals surface area contributed by atoms with E-state index in [2.05, 4.69) is 6.08 Å². The van der Waals surface area contributed by atoms with Gasteiger partial charge in [-0.2, -0.15) is 0 Å². The fourth-order valence-corrected chi connectivity index (χ4v) is 4.86. The van der Waals surface area contributed by atoms with E-state index in [1.54, 1.807) is 35.2 Å². The van der Waals surface area contributed by atoms with E-state index < -0.39 is 6.04 Å². The number of carbonyl (C=O) groups excluding carboxylic acids is 3. The molecule has 0 N–H and O–H groups in total. The summed E-state index contributed by atoms with van der Waals surface area (Å²) >= 11 is 7.29. The fraction of sp³-hybridized carbons (Fsp3) is 0.348. The van der Waals surface area contributed by atoms with Gasteiger partial charge in [-0.25, -0.2) is 4.90 Å². The largest absolute Gasteiger partial charge is 0.325 e. The summed E-state index contributed by atoms with van der Waals surface area (Å²) in [6, 6.07) is 9.40. The van der Waals surface area contributed by atoms with Crippen molar-refractivity contribution in [3.05, 3.63) is 63.3 Å². The molecule has 0 bridgehead atoms. The van der Waals surface area contributed by atoms with Crippen LogP contribution in [-0.2, 0) is 9.59 Å². The monoisotopic (exact) mass is 442 g/mol. The molecule has 0 radical (unpaired) electrons. The Labute approximate surface area is 184 Å². The maximum Gasteiger partial charge on any atom is 0.264 e. The highest BCUT2D eigenvalue weighted by atomic mass is 35.5. The average Bonchev–Trinajstić information content (AvgIpc) is 3.39. The highest BCUT2D eigenvalue weighted by Gasteiger charge is 2.44. The Hall–Kier alpha value is -2.44. The van der Waals surface area contributed by atoms with Crippen LogP contribution in [0.1, 0.15) is 48.2 Å². The van der Waals surface area contributed by atoms with Crippen molar-refractivity contribution in [3.8, 4) is 0 Å². The first-order valence-corrected chi connectivity index (χ1v) is 11.4. The minimum atomic E-state index is -0.785. The highest BCUT2D eigenvalue weighted by Crippen LogP contribution is 2.29. The van der Waals surface area contributed by atoms with Crippen molar-refractivity contribution in [2.75, 3.05) is 11.4 Å². The van der Waals surface area contributed by atoms with Gasteiger partial charge in [-0.15, -0.1) is 11.3 Å². The molecule has 2 aromatic rings. The molecule has 5 nitrogen and oxygen atoms in total. The lowest BCUT2D eigenvalue weighted by molar-refractivity contribution is -0.122. The molecule has 4 rings (SSSR count). The van der Waals surface area contributed by atoms with Crippen LogP contribution in [0.15, 0.2) is 53.4 Å². The van der Waals surface area contributed by atoms with E-state index in [-0.39, 0.29) is 24.1 Å². The van der Waals surface area contributed by atoms with Gasteiger partial charge in [0, 0.05) is 11.6 Å². The normalized spacial score (nSPS) is 19.2. The summed E-state index contributed by atoms with van der Waals surface area (Å²) in [5.74, 6) is -0.844. The topological polar surface area (TPSA) is 57.7 Å². The summed E-state index contributed by atoms with van der Waals surface area (Å²) in [7, 11) is 0. The summed E-state index contributed by atoms with van der Waals surface area (Å²) in [5, 5.41) is 2.38. The SMILES string of the molecule is O=C1CC(N(CCC2=CCCCC2)C(=O)c2cccs2)C(=O)N1c1ccc(Cl)cc1. The van der Waals surface area contributed by atoms with Gasteiger partial charge in [-0.3, -0.25) is 14.4 Å². The second kappa shape index (κ2) is 9.14. The lowest BCUT2D eigenvalue weighted by Crippen LogP contribution is -2.46. The standard InChI is InChI=1S/C23H23ClN2O3S/c24-17-8-10-18(11-9-17)26-21(27)15-19(22(26)28)25(23(29)20-7-4-14-30-20)13-12-16-5-2-1-3-6-16/h4-5,7-11,14,19H,1-3,6,12-13,15H2. The summed E-state index contributed by atoms with van der Waals surface area (Å²) < 4.78 is 0. The van der Waals surface area contributed by atoms with Gasteiger partial charge >= 0.3 is 0 Å². The van der Waals surface area contributed by atoms with E-state index in [0.717, 1.165) is 25.7 Å². The van der Waals surface area contributed by atoms with E-state index in [4.69, 9.17) is 11.6 Å². The van der Waals surface area contributed by atoms with Crippen LogP contribution >= 0.6 is 22.9 Å². The number of hydrogen-bond donors (Lipinski definition) is 0. The summed E-state index contributed by atoms with van der Waals surface area (Å²) in [6.07, 6.45) is 7.45. The Morgan fingerprint density at radius 1 is 1.17 bits per heavy atom. The Balaban J connectivity index is 1.58. The Morgan fingerprint density at radius 2 is 1.97 bits per heavy atom. The number of nitrogens with zero attached hydrogens (tertiary/aromatic N) is 2. The number of benzene rings is 1. The number of rotatable bonds is 6. The van der Waals surface area contributed by atoms with Crippen LogP contribution in [-0.4, -0.2) is 35.2 Å². The number of allylic oxidation sites excluding steroid dienone is 1. The third-order valence-electron chi connectivity index (χ3n) is 5.64. The first-order valence-electron chi connectivity index (χ1n) is 10.2. The molecule has 1 aliphatic heterocycles. The molecule has 1 aromatic carbocycles. The Morgan fingerprint density at radius 3 is 2.63 bits per heavy atom. The van der Waals surface area contributed by atoms with Gasteiger partial charge in [0.05, 0.1) is 17.0 Å². The predicted octanol–water partition coefficient (Wildman–Crippen LogP) is 5.07. The Kier molecular flexibility index (Phi) is 6.35. The van der Waals surface area contributed by atoms with Crippen LogP contribution in [0.3, 0.4) is 0 Å². The van der Waals surface area contributed by atoms with E-state index in [1.165, 1.54) is 28.2 Å². The molecule has 0 saturated carbocycles. The van der Waals surface area contributed by atoms with Crippen LogP contribution < -0.4 is 4.90 Å². The number of thiophene rings is 1. The molecule has 1 unspecified atom stereocenters. The smallest absolute Gasteiger partial charge is 0.264 e. The third kappa shape index (κ3) is 4.35. The number of imide groups is 1. The zero-order valence-corrected chi connectivity index (χ0v) is 18.1. The highest BCUT2D eigenvalue weighted by molar-refractivity contribution is 7.12. The Bertz CT molecular complexity index is 969. The molecule has 1 fully saturated rings. The second-order valence-electron chi connectivity index (χ2n) is 7.60. The number of hydrogen-bond acceptors (Lipinski definition) is 4. The maximum atomic E-state index is 13.2. The minimum Gasteiger partial charge on any atom is -0.325 e. The van der Waals surface area contributed by atoms with E-state index in [1.807, 2.05) is 11.4 Å². The van der Waals surface area contributed by atoms with Crippen molar-refractivity contribution < 1.29 is 14.4 Å². The molecular weight excluding hydrogens is 420 g/mol. The second-order valence-corrected chi connectivity index (χ2v) is 8.98. The van der Waals surface area contributed by atoms with Gasteiger partial charge < -0.3 is 4.90 Å². The van der Waals surface area contributed by atoms with Gasteiger partial charge in [0.25, 0.3) is 11.8 Å². The molecule has 1 aliphatic carbocycles. The minimum absolute atomic E-state index is 0.00236. The van der Waals surface area contributed by atoms with Crippen LogP contribution in [0, 0.1) is 0 Å². The summed E-state index contributed by atoms with van der Waals surface area (Å²) in [4.78, 5) is 42.5. The van der Waals surface area contributed by atoms with E-state index in [0.29, 0.717) is 22.1 Å². The fourth-order valence-electron chi connectivity index (χ4n) is 4.06. The quantitative estimate of drug-likeness (QED) is 0.463. The van der Waals surface area contributed by atoms with Gasteiger partial charge in [0.15, 0.2) is 0 Å². The van der Waals surface area contributed by atoms with Gasteiger partial charge in [0.2, 0.25) is 5.91 Å². The molecule has 1 atom stereocenters. The molecule has 0 spiro atoms. The number of anilines is 1. The molecule has 1 saturated heterocycles. The molecule has 30 heavy (non-hydrogen) atoms.